The second-order valence-corrected chi connectivity index (χ2v) is 6.86. The van der Waals surface area contributed by atoms with E-state index in [4.69, 9.17) is 4.74 Å². The van der Waals surface area contributed by atoms with Crippen molar-refractivity contribution in [3.05, 3.63) is 66.3 Å². The fourth-order valence-electron chi connectivity index (χ4n) is 2.50. The minimum absolute atomic E-state index is 0.0757. The van der Waals surface area contributed by atoms with Crippen LogP contribution < -0.4 is 4.74 Å². The van der Waals surface area contributed by atoms with Gasteiger partial charge in [0.1, 0.15) is 5.75 Å². The van der Waals surface area contributed by atoms with Crippen LogP contribution in [0.3, 0.4) is 0 Å². The summed E-state index contributed by atoms with van der Waals surface area (Å²) < 4.78 is 5.13. The van der Waals surface area contributed by atoms with Crippen LogP contribution in [-0.4, -0.2) is 54.4 Å². The number of hydrogen-bond donors (Lipinski definition) is 2. The van der Waals surface area contributed by atoms with Crippen LogP contribution in [0.1, 0.15) is 31.2 Å². The molecule has 0 saturated heterocycles. The van der Waals surface area contributed by atoms with Crippen LogP contribution in [0, 0.1) is 0 Å². The van der Waals surface area contributed by atoms with E-state index in [9.17, 15) is 15.0 Å². The molecule has 5 heteroatoms. The minimum Gasteiger partial charge on any atom is -0.497 e. The quantitative estimate of drug-likeness (QED) is 0.540. The molecule has 0 spiro atoms. The number of aliphatic hydroxyl groups excluding tert-OH is 2. The molecule has 1 amide bonds. The highest BCUT2D eigenvalue weighted by Crippen LogP contribution is 2.13. The highest BCUT2D eigenvalue weighted by atomic mass is 16.5. The molecule has 1 aromatic rings. The van der Waals surface area contributed by atoms with E-state index in [0.29, 0.717) is 25.7 Å². The second kappa shape index (κ2) is 13.7. The van der Waals surface area contributed by atoms with Crippen molar-refractivity contribution in [2.24, 2.45) is 0 Å². The average Bonchev–Trinajstić information content (AvgIpc) is 2.69. The molecule has 0 radical (unpaired) electrons. The molecular weight excluding hydrogens is 354 g/mol. The number of aryl methyl sites for hydroxylation is 1. The van der Waals surface area contributed by atoms with E-state index in [2.05, 4.69) is 0 Å². The van der Waals surface area contributed by atoms with Gasteiger partial charge in [-0.3, -0.25) is 4.79 Å². The zero-order valence-electron chi connectivity index (χ0n) is 17.1. The van der Waals surface area contributed by atoms with Crippen LogP contribution in [0.15, 0.2) is 60.7 Å². The highest BCUT2D eigenvalue weighted by molar-refractivity contribution is 5.75. The number of methoxy groups -OCH3 is 1. The monoisotopic (exact) mass is 387 g/mol. The van der Waals surface area contributed by atoms with Gasteiger partial charge in [0.2, 0.25) is 5.91 Å². The van der Waals surface area contributed by atoms with Gasteiger partial charge in [0, 0.05) is 20.5 Å². The molecule has 0 aliphatic carbocycles. The van der Waals surface area contributed by atoms with Gasteiger partial charge in [0.25, 0.3) is 0 Å². The SMILES string of the molecule is COc1ccc(CCC(O)C=CC=CC=CC(O)CCCC(=O)N(C)C)cc1. The van der Waals surface area contributed by atoms with Gasteiger partial charge in [-0.25, -0.2) is 0 Å². The van der Waals surface area contributed by atoms with Gasteiger partial charge in [0.05, 0.1) is 19.3 Å². The lowest BCUT2D eigenvalue weighted by molar-refractivity contribution is -0.128. The summed E-state index contributed by atoms with van der Waals surface area (Å²) in [6.45, 7) is 0. The number of ether oxygens (including phenoxy) is 1. The molecule has 1 aromatic carbocycles. The molecule has 1 rings (SSSR count). The number of amides is 1. The molecular formula is C23H33NO4. The van der Waals surface area contributed by atoms with Gasteiger partial charge in [0.15, 0.2) is 0 Å². The second-order valence-electron chi connectivity index (χ2n) is 6.86. The summed E-state index contributed by atoms with van der Waals surface area (Å²) in [4.78, 5) is 13.0. The van der Waals surface area contributed by atoms with Crippen LogP contribution in [0.2, 0.25) is 0 Å². The average molecular weight is 388 g/mol. The van der Waals surface area contributed by atoms with Crippen molar-refractivity contribution in [1.82, 2.24) is 4.90 Å². The maximum Gasteiger partial charge on any atom is 0.222 e. The maximum atomic E-state index is 11.4. The molecule has 0 heterocycles. The number of hydrogen-bond acceptors (Lipinski definition) is 4. The molecule has 0 aliphatic rings. The van der Waals surface area contributed by atoms with Crippen LogP contribution in [0.5, 0.6) is 5.75 Å². The molecule has 2 atom stereocenters. The molecule has 0 aliphatic heterocycles. The third-order valence-corrected chi connectivity index (χ3v) is 4.28. The Labute approximate surface area is 168 Å². The number of nitrogens with zero attached hydrogens (tertiary/aromatic N) is 1. The molecule has 154 valence electrons. The van der Waals surface area contributed by atoms with Crippen molar-refractivity contribution in [3.63, 3.8) is 0 Å². The van der Waals surface area contributed by atoms with Gasteiger partial charge in [-0.2, -0.15) is 0 Å². The van der Waals surface area contributed by atoms with E-state index < -0.39 is 12.2 Å². The molecule has 28 heavy (non-hydrogen) atoms. The van der Waals surface area contributed by atoms with Crippen LogP contribution in [-0.2, 0) is 11.2 Å². The summed E-state index contributed by atoms with van der Waals surface area (Å²) in [5.74, 6) is 0.904. The van der Waals surface area contributed by atoms with E-state index in [-0.39, 0.29) is 5.91 Å². The Morgan fingerprint density at radius 3 is 2.11 bits per heavy atom. The fourth-order valence-corrected chi connectivity index (χ4v) is 2.50. The Morgan fingerprint density at radius 1 is 1.00 bits per heavy atom. The number of aliphatic hydroxyl groups is 2. The number of carbonyl (C=O) groups excluding carboxylic acids is 1. The zero-order valence-corrected chi connectivity index (χ0v) is 17.1. The summed E-state index contributed by atoms with van der Waals surface area (Å²) >= 11 is 0. The first-order chi connectivity index (χ1) is 13.4. The lowest BCUT2D eigenvalue weighted by Crippen LogP contribution is -2.21. The van der Waals surface area contributed by atoms with E-state index in [1.165, 1.54) is 0 Å². The van der Waals surface area contributed by atoms with E-state index in [0.717, 1.165) is 17.7 Å². The number of allylic oxidation sites excluding steroid dienone is 4. The molecule has 5 nitrogen and oxygen atoms in total. The summed E-state index contributed by atoms with van der Waals surface area (Å²) in [5.41, 5.74) is 1.16. The Hall–Kier alpha value is -2.37. The zero-order chi connectivity index (χ0) is 20.8. The van der Waals surface area contributed by atoms with E-state index >= 15 is 0 Å². The van der Waals surface area contributed by atoms with Crippen molar-refractivity contribution in [2.75, 3.05) is 21.2 Å². The van der Waals surface area contributed by atoms with Crippen LogP contribution >= 0.6 is 0 Å². The van der Waals surface area contributed by atoms with Crippen molar-refractivity contribution in [1.29, 1.82) is 0 Å². The molecule has 2 unspecified atom stereocenters. The normalized spacial score (nSPS) is 14.0. The Kier molecular flexibility index (Phi) is 11.6. The number of carbonyl (C=O) groups is 1. The number of benzene rings is 1. The van der Waals surface area contributed by atoms with Crippen LogP contribution in [0.25, 0.3) is 0 Å². The van der Waals surface area contributed by atoms with Gasteiger partial charge < -0.3 is 19.8 Å². The Morgan fingerprint density at radius 2 is 1.57 bits per heavy atom. The van der Waals surface area contributed by atoms with Gasteiger partial charge >= 0.3 is 0 Å². The topological polar surface area (TPSA) is 70.0 Å². The Bertz CT molecular complexity index is 647. The van der Waals surface area contributed by atoms with Crippen molar-refractivity contribution < 1.29 is 19.7 Å². The predicted molar refractivity (Wildman–Crippen MR) is 113 cm³/mol. The summed E-state index contributed by atoms with van der Waals surface area (Å²) in [6.07, 6.45) is 12.7. The summed E-state index contributed by atoms with van der Waals surface area (Å²) in [6, 6.07) is 7.84. The highest BCUT2D eigenvalue weighted by Gasteiger charge is 2.05. The Balaban J connectivity index is 2.22. The first kappa shape index (κ1) is 23.7. The molecule has 0 saturated carbocycles. The maximum absolute atomic E-state index is 11.4. The van der Waals surface area contributed by atoms with E-state index in [1.54, 1.807) is 56.5 Å². The molecule has 0 fully saturated rings. The third kappa shape index (κ3) is 10.7. The van der Waals surface area contributed by atoms with Gasteiger partial charge in [-0.05, 0) is 43.4 Å². The smallest absolute Gasteiger partial charge is 0.222 e. The molecule has 0 bridgehead atoms. The van der Waals surface area contributed by atoms with Gasteiger partial charge in [-0.15, -0.1) is 0 Å². The van der Waals surface area contributed by atoms with Gasteiger partial charge in [-0.1, -0.05) is 48.6 Å². The lowest BCUT2D eigenvalue weighted by Gasteiger charge is -2.10. The minimum atomic E-state index is -0.557. The molecule has 2 N–H and O–H groups in total. The van der Waals surface area contributed by atoms with Crippen molar-refractivity contribution >= 4 is 5.91 Å². The summed E-state index contributed by atoms with van der Waals surface area (Å²) in [5, 5.41) is 19.8. The number of rotatable bonds is 12. The lowest BCUT2D eigenvalue weighted by atomic mass is 10.1. The summed E-state index contributed by atoms with van der Waals surface area (Å²) in [7, 11) is 5.10. The van der Waals surface area contributed by atoms with Crippen molar-refractivity contribution in [2.45, 2.75) is 44.3 Å². The molecule has 0 aromatic heterocycles. The fraction of sp³-hybridized carbons (Fsp3) is 0.435. The standard InChI is InChI=1S/C23H33NO4/c1-24(2)23(27)12-8-11-20(25)9-6-4-5-7-10-21(26)16-13-19-14-17-22(28-3)18-15-19/h4-7,9-10,14-15,17-18,20-21,25-26H,8,11-13,16H2,1-3H3. The van der Waals surface area contributed by atoms with Crippen molar-refractivity contribution in [3.8, 4) is 5.75 Å². The largest absolute Gasteiger partial charge is 0.497 e. The van der Waals surface area contributed by atoms with E-state index in [1.807, 2.05) is 30.3 Å². The first-order valence-corrected chi connectivity index (χ1v) is 9.63. The predicted octanol–water partition coefficient (Wildman–Crippen LogP) is 3.28. The first-order valence-electron chi connectivity index (χ1n) is 9.63. The third-order valence-electron chi connectivity index (χ3n) is 4.28. The van der Waals surface area contributed by atoms with Crippen LogP contribution in [0.4, 0.5) is 0 Å².